The average Bonchev–Trinajstić information content (AvgIpc) is 2.25. The molecule has 0 saturated carbocycles. The van der Waals surface area contributed by atoms with Crippen LogP contribution in [0, 0.1) is 18.3 Å². The quantitative estimate of drug-likeness (QED) is 0.731. The Labute approximate surface area is 118 Å². The number of hydrogen-bond acceptors (Lipinski definition) is 2. The summed E-state index contributed by atoms with van der Waals surface area (Å²) in [5.41, 5.74) is -0.534. The summed E-state index contributed by atoms with van der Waals surface area (Å²) < 4.78 is 0. The Balaban J connectivity index is 2.68. The summed E-state index contributed by atoms with van der Waals surface area (Å²) in [4.78, 5) is 2.21. The molecule has 0 bridgehead atoms. The van der Waals surface area contributed by atoms with Crippen molar-refractivity contribution in [1.82, 2.24) is 9.96 Å². The van der Waals surface area contributed by atoms with Crippen molar-refractivity contribution >= 4 is 0 Å². The largest absolute Gasteiger partial charge is 0.293 e. The Hall–Kier alpha value is -0.560. The third-order valence-corrected chi connectivity index (χ3v) is 4.44. The van der Waals surface area contributed by atoms with E-state index < -0.39 is 0 Å². The maximum absolute atomic E-state index is 12.3. The second-order valence-corrected chi connectivity index (χ2v) is 7.40. The van der Waals surface area contributed by atoms with Gasteiger partial charge in [0, 0.05) is 17.1 Å². The van der Waals surface area contributed by atoms with Crippen LogP contribution in [0.5, 0.6) is 0 Å². The van der Waals surface area contributed by atoms with E-state index in [0.29, 0.717) is 18.5 Å². The van der Waals surface area contributed by atoms with E-state index in [1.165, 1.54) is 5.06 Å². The second kappa shape index (κ2) is 5.83. The molecule has 0 aromatic rings. The fourth-order valence-corrected chi connectivity index (χ4v) is 3.60. The Morgan fingerprint density at radius 1 is 1.32 bits per heavy atom. The number of piperidine rings is 1. The van der Waals surface area contributed by atoms with Crippen molar-refractivity contribution in [2.24, 2.45) is 5.92 Å². The van der Waals surface area contributed by atoms with E-state index in [0.717, 1.165) is 19.3 Å². The summed E-state index contributed by atoms with van der Waals surface area (Å²) in [7, 11) is 2.07. The van der Waals surface area contributed by atoms with Gasteiger partial charge < -0.3 is 0 Å². The fraction of sp³-hybridized carbons (Fsp3) is 0.875. The molecule has 1 aliphatic rings. The summed E-state index contributed by atoms with van der Waals surface area (Å²) in [6.07, 6.45) is 8.41. The molecule has 0 aromatic carbocycles. The summed E-state index contributed by atoms with van der Waals surface area (Å²) >= 11 is 0. The fourth-order valence-electron chi connectivity index (χ4n) is 3.60. The van der Waals surface area contributed by atoms with Crippen molar-refractivity contribution in [2.45, 2.75) is 71.0 Å². The summed E-state index contributed by atoms with van der Waals surface area (Å²) in [5.74, 6) is 3.28. The first-order valence-electron chi connectivity index (χ1n) is 7.21. The monoisotopic (exact) mass is 265 g/mol. The molecule has 1 aliphatic heterocycles. The van der Waals surface area contributed by atoms with Crippen molar-refractivity contribution in [2.75, 3.05) is 13.6 Å². The molecule has 0 aliphatic carbocycles. The molecule has 0 aromatic heterocycles. The summed E-state index contributed by atoms with van der Waals surface area (Å²) in [6.45, 7) is 11.1. The molecule has 0 N–H and O–H groups in total. The zero-order chi connectivity index (χ0) is 14.8. The molecule has 0 spiro atoms. The van der Waals surface area contributed by atoms with Gasteiger partial charge in [-0.15, -0.1) is 16.7 Å². The van der Waals surface area contributed by atoms with Crippen LogP contribution in [0.2, 0.25) is 0 Å². The minimum atomic E-state index is -0.267. The average molecular weight is 265 g/mol. The molecule has 1 fully saturated rings. The van der Waals surface area contributed by atoms with Gasteiger partial charge in [-0.25, -0.2) is 0 Å². The van der Waals surface area contributed by atoms with E-state index in [2.05, 4.69) is 52.5 Å². The molecule has 1 rings (SSSR count). The van der Waals surface area contributed by atoms with E-state index in [-0.39, 0.29) is 11.1 Å². The lowest BCUT2D eigenvalue weighted by atomic mass is 9.73. The highest BCUT2D eigenvalue weighted by molar-refractivity contribution is 4.97. The Morgan fingerprint density at radius 3 is 2.21 bits per heavy atom. The maximum Gasteiger partial charge on any atom is 0.0598 e. The minimum Gasteiger partial charge on any atom is -0.293 e. The highest BCUT2D eigenvalue weighted by Gasteiger charge is 2.46. The zero-order valence-electron chi connectivity index (χ0n) is 13.4. The van der Waals surface area contributed by atoms with Crippen molar-refractivity contribution in [3.05, 3.63) is 0 Å². The standard InChI is InChI=1S/C16H29N2O/c1-8-9-17(7)13(2)10-14-11-15(3,4)18(19)16(5,6)12-14/h1,13-14H,9-12H2,2-7H3. The van der Waals surface area contributed by atoms with Gasteiger partial charge in [-0.1, -0.05) is 5.92 Å². The van der Waals surface area contributed by atoms with Crippen molar-refractivity contribution in [3.8, 4) is 12.3 Å². The van der Waals surface area contributed by atoms with E-state index in [9.17, 15) is 5.21 Å². The van der Waals surface area contributed by atoms with Gasteiger partial charge in [0.1, 0.15) is 0 Å². The van der Waals surface area contributed by atoms with Crippen molar-refractivity contribution in [3.63, 3.8) is 0 Å². The van der Waals surface area contributed by atoms with Crippen LogP contribution >= 0.6 is 0 Å². The smallest absolute Gasteiger partial charge is 0.0598 e. The molecule has 3 heteroatoms. The number of hydroxylamine groups is 2. The van der Waals surface area contributed by atoms with Crippen LogP contribution in [-0.4, -0.2) is 40.7 Å². The topological polar surface area (TPSA) is 26.4 Å². The molecule has 1 radical (unpaired) electrons. The van der Waals surface area contributed by atoms with Crippen LogP contribution in [0.15, 0.2) is 0 Å². The van der Waals surface area contributed by atoms with Gasteiger partial charge in [-0.3, -0.25) is 4.90 Å². The zero-order valence-corrected chi connectivity index (χ0v) is 13.4. The van der Waals surface area contributed by atoms with Crippen LogP contribution in [0.1, 0.15) is 53.9 Å². The molecule has 0 amide bonds. The van der Waals surface area contributed by atoms with E-state index in [1.54, 1.807) is 0 Å². The Bertz CT molecular complexity index is 325. The first-order chi connectivity index (χ1) is 8.60. The normalized spacial score (nSPS) is 25.2. The summed E-state index contributed by atoms with van der Waals surface area (Å²) in [5, 5.41) is 13.6. The number of nitrogens with zero attached hydrogens (tertiary/aromatic N) is 2. The van der Waals surface area contributed by atoms with Crippen LogP contribution in [0.25, 0.3) is 0 Å². The lowest BCUT2D eigenvalue weighted by molar-refractivity contribution is -0.294. The highest BCUT2D eigenvalue weighted by Crippen LogP contribution is 2.42. The molecule has 19 heavy (non-hydrogen) atoms. The molecule has 1 unspecified atom stereocenters. The van der Waals surface area contributed by atoms with Gasteiger partial charge in [0.25, 0.3) is 0 Å². The van der Waals surface area contributed by atoms with Gasteiger partial charge in [-0.05, 0) is 66.8 Å². The number of terminal acetylenes is 1. The highest BCUT2D eigenvalue weighted by atomic mass is 16.5. The van der Waals surface area contributed by atoms with Gasteiger partial charge in [0.15, 0.2) is 0 Å². The molecular formula is C16H29N2O. The van der Waals surface area contributed by atoms with Gasteiger partial charge >= 0.3 is 0 Å². The van der Waals surface area contributed by atoms with Crippen molar-refractivity contribution < 1.29 is 5.21 Å². The van der Waals surface area contributed by atoms with Gasteiger partial charge in [0.2, 0.25) is 0 Å². The molecule has 1 heterocycles. The Morgan fingerprint density at radius 2 is 1.79 bits per heavy atom. The van der Waals surface area contributed by atoms with E-state index >= 15 is 0 Å². The third kappa shape index (κ3) is 3.95. The van der Waals surface area contributed by atoms with Gasteiger partial charge in [-0.2, -0.15) is 0 Å². The predicted octanol–water partition coefficient (Wildman–Crippen LogP) is 2.94. The molecule has 109 valence electrons. The number of hydrogen-bond donors (Lipinski definition) is 0. The lowest BCUT2D eigenvalue weighted by Crippen LogP contribution is -2.58. The first-order valence-corrected chi connectivity index (χ1v) is 7.21. The Kier molecular flexibility index (Phi) is 5.06. The maximum atomic E-state index is 12.3. The first kappa shape index (κ1) is 16.5. The van der Waals surface area contributed by atoms with Crippen LogP contribution in [-0.2, 0) is 5.21 Å². The van der Waals surface area contributed by atoms with E-state index in [1.807, 2.05) is 0 Å². The molecule has 3 nitrogen and oxygen atoms in total. The third-order valence-electron chi connectivity index (χ3n) is 4.44. The predicted molar refractivity (Wildman–Crippen MR) is 78.9 cm³/mol. The van der Waals surface area contributed by atoms with Crippen LogP contribution in [0.3, 0.4) is 0 Å². The SMILES string of the molecule is C#CCN(C)C(C)CC1CC(C)(C)N([O])C(C)(C)C1. The van der Waals surface area contributed by atoms with Crippen LogP contribution in [0.4, 0.5) is 0 Å². The second-order valence-electron chi connectivity index (χ2n) is 7.40. The number of rotatable bonds is 4. The molecule has 1 saturated heterocycles. The van der Waals surface area contributed by atoms with Gasteiger partial charge in [0.05, 0.1) is 6.54 Å². The lowest BCUT2D eigenvalue weighted by Gasteiger charge is -2.50. The molecular weight excluding hydrogens is 236 g/mol. The minimum absolute atomic E-state index is 0.267. The van der Waals surface area contributed by atoms with Crippen LogP contribution < -0.4 is 0 Å². The van der Waals surface area contributed by atoms with E-state index in [4.69, 9.17) is 6.42 Å². The van der Waals surface area contributed by atoms with Crippen molar-refractivity contribution in [1.29, 1.82) is 0 Å². The summed E-state index contributed by atoms with van der Waals surface area (Å²) in [6, 6.07) is 0.464. The molecule has 1 atom stereocenters.